The number of piperidine rings is 1. The number of para-hydroxylation sites is 1. The fourth-order valence-corrected chi connectivity index (χ4v) is 3.45. The lowest BCUT2D eigenvalue weighted by Gasteiger charge is -2.26. The van der Waals surface area contributed by atoms with Crippen LogP contribution in [0.5, 0.6) is 5.75 Å². The number of hydrogen-bond acceptors (Lipinski definition) is 4. The summed E-state index contributed by atoms with van der Waals surface area (Å²) < 4.78 is 5.48. The van der Waals surface area contributed by atoms with Crippen LogP contribution in [0, 0.1) is 0 Å². The van der Waals surface area contributed by atoms with Gasteiger partial charge in [0.25, 0.3) is 11.8 Å². The first-order valence-electron chi connectivity index (χ1n) is 9.82. The molecule has 0 unspecified atom stereocenters. The molecule has 1 aliphatic rings. The molecule has 2 aromatic carbocycles. The zero-order valence-corrected chi connectivity index (χ0v) is 17.3. The van der Waals surface area contributed by atoms with E-state index in [9.17, 15) is 9.59 Å². The van der Waals surface area contributed by atoms with Gasteiger partial charge in [0.05, 0.1) is 12.2 Å². The molecular weight excluding hydrogens is 386 g/mol. The number of likely N-dealkylation sites (tertiary alicyclic amines) is 1. The molecule has 29 heavy (non-hydrogen) atoms. The Morgan fingerprint density at radius 3 is 2.41 bits per heavy atom. The molecule has 2 N–H and O–H groups in total. The van der Waals surface area contributed by atoms with Crippen molar-refractivity contribution in [1.29, 1.82) is 0 Å². The van der Waals surface area contributed by atoms with Crippen LogP contribution in [0.4, 0.5) is 5.69 Å². The monoisotopic (exact) mass is 411 g/mol. The van der Waals surface area contributed by atoms with Gasteiger partial charge in [-0.05, 0) is 74.8 Å². The summed E-state index contributed by atoms with van der Waals surface area (Å²) in [5.41, 5.74) is 1.77. The van der Waals surface area contributed by atoms with Gasteiger partial charge in [-0.25, -0.2) is 0 Å². The number of nitrogens with one attached hydrogen (secondary N) is 2. The number of carbonyl (C=O) groups excluding carboxylic acids is 2. The number of thiocarbonyl (C=S) groups is 1. The first-order valence-corrected chi connectivity index (χ1v) is 10.2. The Balaban J connectivity index is 1.58. The van der Waals surface area contributed by atoms with E-state index in [1.54, 1.807) is 42.5 Å². The van der Waals surface area contributed by atoms with Crippen LogP contribution in [0.1, 0.15) is 46.9 Å². The third kappa shape index (κ3) is 5.54. The lowest BCUT2D eigenvalue weighted by Crippen LogP contribution is -2.35. The van der Waals surface area contributed by atoms with Gasteiger partial charge in [-0.1, -0.05) is 12.1 Å². The van der Waals surface area contributed by atoms with Crippen LogP contribution in [0.2, 0.25) is 0 Å². The molecule has 0 aromatic heterocycles. The maximum Gasteiger partial charge on any atom is 0.261 e. The first-order chi connectivity index (χ1) is 14.1. The van der Waals surface area contributed by atoms with Crippen molar-refractivity contribution in [3.8, 4) is 5.75 Å². The van der Waals surface area contributed by atoms with Gasteiger partial charge in [-0.15, -0.1) is 0 Å². The van der Waals surface area contributed by atoms with E-state index in [2.05, 4.69) is 10.6 Å². The fraction of sp³-hybridized carbons (Fsp3) is 0.318. The highest BCUT2D eigenvalue weighted by atomic mass is 32.1. The molecule has 2 aromatic rings. The van der Waals surface area contributed by atoms with E-state index in [1.807, 2.05) is 17.9 Å². The summed E-state index contributed by atoms with van der Waals surface area (Å²) in [7, 11) is 0. The summed E-state index contributed by atoms with van der Waals surface area (Å²) in [6.45, 7) is 3.96. The molecule has 7 heteroatoms. The molecular formula is C22H25N3O3S. The highest BCUT2D eigenvalue weighted by molar-refractivity contribution is 7.80. The Labute approximate surface area is 176 Å². The van der Waals surface area contributed by atoms with E-state index < -0.39 is 0 Å². The molecule has 0 saturated carbocycles. The van der Waals surface area contributed by atoms with Crippen molar-refractivity contribution in [2.75, 3.05) is 25.0 Å². The second-order valence-corrected chi connectivity index (χ2v) is 7.18. The maximum atomic E-state index is 12.5. The zero-order chi connectivity index (χ0) is 20.6. The van der Waals surface area contributed by atoms with E-state index in [4.69, 9.17) is 17.0 Å². The quantitative estimate of drug-likeness (QED) is 0.732. The number of benzene rings is 2. The van der Waals surface area contributed by atoms with Gasteiger partial charge in [0.15, 0.2) is 5.11 Å². The molecule has 1 heterocycles. The number of ether oxygens (including phenoxy) is 1. The standard InChI is InChI=1S/C22H25N3O3S/c1-2-28-19-9-5-4-8-18(19)20(26)24-22(29)23-17-12-10-16(11-13-17)21(27)25-14-6-3-7-15-25/h4-5,8-13H,2-3,6-7,14-15H2,1H3,(H2,23,24,26,29). The van der Waals surface area contributed by atoms with Crippen molar-refractivity contribution in [2.45, 2.75) is 26.2 Å². The van der Waals surface area contributed by atoms with E-state index >= 15 is 0 Å². The molecule has 1 fully saturated rings. The Kier molecular flexibility index (Phi) is 7.19. The van der Waals surface area contributed by atoms with Crippen LogP contribution in [-0.2, 0) is 0 Å². The van der Waals surface area contributed by atoms with Crippen molar-refractivity contribution in [1.82, 2.24) is 10.2 Å². The average molecular weight is 412 g/mol. The van der Waals surface area contributed by atoms with Crippen LogP contribution in [0.15, 0.2) is 48.5 Å². The minimum absolute atomic E-state index is 0.0552. The fourth-order valence-electron chi connectivity index (χ4n) is 3.24. The van der Waals surface area contributed by atoms with Gasteiger partial charge in [-0.3, -0.25) is 14.9 Å². The number of hydrogen-bond donors (Lipinski definition) is 2. The second-order valence-electron chi connectivity index (χ2n) is 6.77. The minimum Gasteiger partial charge on any atom is -0.493 e. The smallest absolute Gasteiger partial charge is 0.261 e. The summed E-state index contributed by atoms with van der Waals surface area (Å²) in [4.78, 5) is 26.9. The van der Waals surface area contributed by atoms with Gasteiger partial charge in [0.2, 0.25) is 0 Å². The zero-order valence-electron chi connectivity index (χ0n) is 16.4. The normalized spacial score (nSPS) is 13.5. The van der Waals surface area contributed by atoms with Crippen LogP contribution in [0.25, 0.3) is 0 Å². The van der Waals surface area contributed by atoms with Gasteiger partial charge in [-0.2, -0.15) is 0 Å². The lowest BCUT2D eigenvalue weighted by atomic mass is 10.1. The number of nitrogens with zero attached hydrogens (tertiary/aromatic N) is 1. The highest BCUT2D eigenvalue weighted by Gasteiger charge is 2.18. The largest absolute Gasteiger partial charge is 0.493 e. The molecule has 3 rings (SSSR count). The predicted molar refractivity (Wildman–Crippen MR) is 117 cm³/mol. The third-order valence-corrected chi connectivity index (χ3v) is 4.90. The van der Waals surface area contributed by atoms with Crippen molar-refractivity contribution in [3.63, 3.8) is 0 Å². The first kappa shape index (κ1) is 20.8. The number of carbonyl (C=O) groups is 2. The van der Waals surface area contributed by atoms with Crippen molar-refractivity contribution in [3.05, 3.63) is 59.7 Å². The molecule has 1 aliphatic heterocycles. The summed E-state index contributed by atoms with van der Waals surface area (Å²) in [5.74, 6) is 0.221. The molecule has 0 aliphatic carbocycles. The Bertz CT molecular complexity index is 877. The van der Waals surface area contributed by atoms with Crippen LogP contribution in [-0.4, -0.2) is 41.5 Å². The van der Waals surface area contributed by atoms with E-state index in [0.29, 0.717) is 29.2 Å². The molecule has 1 saturated heterocycles. The minimum atomic E-state index is -0.344. The maximum absolute atomic E-state index is 12.5. The van der Waals surface area contributed by atoms with Crippen LogP contribution in [0.3, 0.4) is 0 Å². The van der Waals surface area contributed by atoms with Gasteiger partial charge < -0.3 is 15.0 Å². The summed E-state index contributed by atoms with van der Waals surface area (Å²) in [6.07, 6.45) is 3.31. The SMILES string of the molecule is CCOc1ccccc1C(=O)NC(=S)Nc1ccc(C(=O)N2CCCCC2)cc1. The number of anilines is 1. The summed E-state index contributed by atoms with van der Waals surface area (Å²) >= 11 is 5.25. The molecule has 6 nitrogen and oxygen atoms in total. The van der Waals surface area contributed by atoms with E-state index in [1.165, 1.54) is 6.42 Å². The van der Waals surface area contributed by atoms with Crippen molar-refractivity contribution in [2.24, 2.45) is 0 Å². The van der Waals surface area contributed by atoms with E-state index in [0.717, 1.165) is 25.9 Å². The Morgan fingerprint density at radius 1 is 1.03 bits per heavy atom. The number of rotatable bonds is 5. The average Bonchev–Trinajstić information content (AvgIpc) is 2.75. The molecule has 0 spiro atoms. The van der Waals surface area contributed by atoms with Crippen LogP contribution < -0.4 is 15.4 Å². The topological polar surface area (TPSA) is 70.7 Å². The Morgan fingerprint density at radius 2 is 1.72 bits per heavy atom. The van der Waals surface area contributed by atoms with Crippen LogP contribution >= 0.6 is 12.2 Å². The van der Waals surface area contributed by atoms with Gasteiger partial charge in [0.1, 0.15) is 5.75 Å². The van der Waals surface area contributed by atoms with Gasteiger partial charge in [0, 0.05) is 24.3 Å². The Hall–Kier alpha value is -2.93. The van der Waals surface area contributed by atoms with Crippen molar-refractivity contribution < 1.29 is 14.3 Å². The lowest BCUT2D eigenvalue weighted by molar-refractivity contribution is 0.0724. The second kappa shape index (κ2) is 10.0. The van der Waals surface area contributed by atoms with Crippen molar-refractivity contribution >= 4 is 34.8 Å². The number of amides is 2. The summed E-state index contributed by atoms with van der Waals surface area (Å²) in [6, 6.07) is 14.1. The van der Waals surface area contributed by atoms with E-state index in [-0.39, 0.29) is 16.9 Å². The van der Waals surface area contributed by atoms with Gasteiger partial charge >= 0.3 is 0 Å². The molecule has 152 valence electrons. The molecule has 0 radical (unpaired) electrons. The third-order valence-electron chi connectivity index (χ3n) is 4.69. The molecule has 2 amide bonds. The molecule has 0 bridgehead atoms. The highest BCUT2D eigenvalue weighted by Crippen LogP contribution is 2.18. The summed E-state index contributed by atoms with van der Waals surface area (Å²) in [5, 5.41) is 5.81. The predicted octanol–water partition coefficient (Wildman–Crippen LogP) is 3.84. The molecule has 0 atom stereocenters.